The molecule has 1 aromatic rings. The van der Waals surface area contributed by atoms with E-state index in [1.165, 1.54) is 0 Å². The lowest BCUT2D eigenvalue weighted by Crippen LogP contribution is -2.17. The summed E-state index contributed by atoms with van der Waals surface area (Å²) in [5.74, 6) is 2.06. The van der Waals surface area contributed by atoms with E-state index in [0.717, 1.165) is 33.7 Å². The van der Waals surface area contributed by atoms with Gasteiger partial charge in [0, 0.05) is 40.2 Å². The van der Waals surface area contributed by atoms with Crippen LogP contribution in [-0.4, -0.2) is 18.1 Å². The van der Waals surface area contributed by atoms with Gasteiger partial charge in [-0.1, -0.05) is 35.3 Å². The molecule has 0 heterocycles. The maximum absolute atomic E-state index is 6.05. The Kier molecular flexibility index (Phi) is 10.2. The molecule has 1 nitrogen and oxygen atoms in total. The van der Waals surface area contributed by atoms with E-state index in [0.29, 0.717) is 6.54 Å². The summed E-state index contributed by atoms with van der Waals surface area (Å²) in [5.41, 5.74) is 0.972. The first kappa shape index (κ1) is 17.1. The van der Waals surface area contributed by atoms with Crippen LogP contribution in [-0.2, 0) is 6.54 Å². The van der Waals surface area contributed by atoms with Gasteiger partial charge in [0.2, 0.25) is 0 Å². The monoisotopic (exact) mass is 311 g/mol. The van der Waals surface area contributed by atoms with Crippen LogP contribution in [0.15, 0.2) is 30.9 Å². The molecule has 0 spiro atoms. The highest BCUT2D eigenvalue weighted by molar-refractivity contribution is 7.99. The lowest BCUT2D eigenvalue weighted by atomic mass is 10.2. The fourth-order valence-corrected chi connectivity index (χ4v) is 2.38. The van der Waals surface area contributed by atoms with Gasteiger partial charge in [-0.3, -0.25) is 0 Å². The summed E-state index contributed by atoms with van der Waals surface area (Å²) in [7, 11) is 0. The first-order valence-electron chi connectivity index (χ1n) is 5.08. The quantitative estimate of drug-likeness (QED) is 0.590. The molecule has 0 aliphatic carbocycles. The number of benzene rings is 1. The molecule has 0 saturated heterocycles. The van der Waals surface area contributed by atoms with Gasteiger partial charge in [-0.15, -0.1) is 19.0 Å². The molecule has 1 N–H and O–H groups in total. The van der Waals surface area contributed by atoms with Crippen molar-refractivity contribution in [3.8, 4) is 0 Å². The van der Waals surface area contributed by atoms with Gasteiger partial charge in [-0.25, -0.2) is 0 Å². The Morgan fingerprint density at radius 1 is 1.29 bits per heavy atom. The van der Waals surface area contributed by atoms with Gasteiger partial charge < -0.3 is 5.32 Å². The van der Waals surface area contributed by atoms with Crippen LogP contribution in [0.5, 0.6) is 0 Å². The van der Waals surface area contributed by atoms with E-state index >= 15 is 0 Å². The molecule has 0 fully saturated rings. The van der Waals surface area contributed by atoms with Crippen molar-refractivity contribution in [3.05, 3.63) is 46.5 Å². The van der Waals surface area contributed by atoms with Crippen LogP contribution in [0.25, 0.3) is 0 Å². The second kappa shape index (κ2) is 10.1. The number of halogens is 3. The molecular formula is C12H16Cl3NS. The molecule has 0 radical (unpaired) electrons. The zero-order valence-electron chi connectivity index (χ0n) is 9.42. The second-order valence-corrected chi connectivity index (χ2v) is 5.20. The highest BCUT2D eigenvalue weighted by Crippen LogP contribution is 2.23. The standard InChI is InChI=1S/C12H15Cl2NS.ClH/c1-2-7-16-8-6-15-9-10-11(13)4-3-5-12(10)14;/h2-5,15H,1,6-9H2;1H. The third-order valence-electron chi connectivity index (χ3n) is 2.02. The van der Waals surface area contributed by atoms with Crippen molar-refractivity contribution in [2.75, 3.05) is 18.1 Å². The molecule has 17 heavy (non-hydrogen) atoms. The fourth-order valence-electron chi connectivity index (χ4n) is 1.23. The normalized spacial score (nSPS) is 9.76. The van der Waals surface area contributed by atoms with E-state index in [-0.39, 0.29) is 12.4 Å². The topological polar surface area (TPSA) is 12.0 Å². The van der Waals surface area contributed by atoms with Crippen molar-refractivity contribution in [2.45, 2.75) is 6.54 Å². The molecule has 0 aliphatic rings. The largest absolute Gasteiger partial charge is 0.312 e. The minimum Gasteiger partial charge on any atom is -0.312 e. The third kappa shape index (κ3) is 6.58. The first-order chi connectivity index (χ1) is 7.75. The minimum absolute atomic E-state index is 0. The van der Waals surface area contributed by atoms with Crippen molar-refractivity contribution >= 4 is 47.4 Å². The molecule has 0 unspecified atom stereocenters. The number of nitrogens with one attached hydrogen (secondary N) is 1. The molecule has 0 bridgehead atoms. The Labute approximate surface area is 123 Å². The van der Waals surface area contributed by atoms with Crippen molar-refractivity contribution in [1.82, 2.24) is 5.32 Å². The molecule has 5 heteroatoms. The summed E-state index contributed by atoms with van der Waals surface area (Å²) in [4.78, 5) is 0. The molecule has 0 amide bonds. The number of rotatable bonds is 7. The van der Waals surface area contributed by atoms with Gasteiger partial charge in [-0.05, 0) is 12.1 Å². The number of hydrogen-bond acceptors (Lipinski definition) is 2. The van der Waals surface area contributed by atoms with E-state index in [1.807, 2.05) is 36.0 Å². The Bertz CT molecular complexity index is 324. The van der Waals surface area contributed by atoms with Gasteiger partial charge in [0.05, 0.1) is 0 Å². The molecule has 0 atom stereocenters. The summed E-state index contributed by atoms with van der Waals surface area (Å²) in [6.45, 7) is 5.33. The molecule has 0 aliphatic heterocycles. The van der Waals surface area contributed by atoms with Crippen molar-refractivity contribution in [1.29, 1.82) is 0 Å². The Balaban J connectivity index is 0.00000256. The third-order valence-corrected chi connectivity index (χ3v) is 3.69. The van der Waals surface area contributed by atoms with E-state index < -0.39 is 0 Å². The van der Waals surface area contributed by atoms with Gasteiger partial charge in [0.1, 0.15) is 0 Å². The average molecular weight is 313 g/mol. The Morgan fingerprint density at radius 3 is 2.53 bits per heavy atom. The zero-order valence-corrected chi connectivity index (χ0v) is 12.6. The second-order valence-electron chi connectivity index (χ2n) is 3.24. The number of thioether (sulfide) groups is 1. The Hall–Kier alpha value is 0.140. The van der Waals surface area contributed by atoms with E-state index in [9.17, 15) is 0 Å². The molecule has 1 rings (SSSR count). The molecule has 0 saturated carbocycles. The first-order valence-corrected chi connectivity index (χ1v) is 6.99. The SMILES string of the molecule is C=CCSCCNCc1c(Cl)cccc1Cl.Cl. The van der Waals surface area contributed by atoms with E-state index in [2.05, 4.69) is 11.9 Å². The van der Waals surface area contributed by atoms with Gasteiger partial charge in [-0.2, -0.15) is 11.8 Å². The van der Waals surface area contributed by atoms with Crippen molar-refractivity contribution < 1.29 is 0 Å². The molecule has 1 aromatic carbocycles. The lowest BCUT2D eigenvalue weighted by Gasteiger charge is -2.08. The van der Waals surface area contributed by atoms with Crippen LogP contribution in [0.1, 0.15) is 5.56 Å². The molecule has 0 aromatic heterocycles. The smallest absolute Gasteiger partial charge is 0.0465 e. The molecule has 96 valence electrons. The van der Waals surface area contributed by atoms with Crippen LogP contribution in [0.3, 0.4) is 0 Å². The predicted octanol–water partition coefficient (Wildman–Crippen LogP) is 4.42. The van der Waals surface area contributed by atoms with E-state index in [4.69, 9.17) is 23.2 Å². The summed E-state index contributed by atoms with van der Waals surface area (Å²) in [6, 6.07) is 5.57. The molecular weight excluding hydrogens is 297 g/mol. The van der Waals surface area contributed by atoms with Gasteiger partial charge in [0.15, 0.2) is 0 Å². The highest BCUT2D eigenvalue weighted by Gasteiger charge is 2.03. The maximum atomic E-state index is 6.05. The van der Waals surface area contributed by atoms with Crippen LogP contribution >= 0.6 is 47.4 Å². The summed E-state index contributed by atoms with van der Waals surface area (Å²) >= 11 is 13.9. The average Bonchev–Trinajstić information content (AvgIpc) is 2.26. The summed E-state index contributed by atoms with van der Waals surface area (Å²) in [6.07, 6.45) is 1.91. The van der Waals surface area contributed by atoms with Crippen molar-refractivity contribution in [3.63, 3.8) is 0 Å². The number of hydrogen-bond donors (Lipinski definition) is 1. The van der Waals surface area contributed by atoms with Crippen LogP contribution < -0.4 is 5.32 Å². The fraction of sp³-hybridized carbons (Fsp3) is 0.333. The van der Waals surface area contributed by atoms with Gasteiger partial charge in [0.25, 0.3) is 0 Å². The van der Waals surface area contributed by atoms with Gasteiger partial charge >= 0.3 is 0 Å². The summed E-state index contributed by atoms with van der Waals surface area (Å²) < 4.78 is 0. The van der Waals surface area contributed by atoms with Crippen LogP contribution in [0, 0.1) is 0 Å². The predicted molar refractivity (Wildman–Crippen MR) is 82.9 cm³/mol. The van der Waals surface area contributed by atoms with E-state index in [1.54, 1.807) is 0 Å². The highest BCUT2D eigenvalue weighted by atomic mass is 35.5. The Morgan fingerprint density at radius 2 is 1.94 bits per heavy atom. The van der Waals surface area contributed by atoms with Crippen LogP contribution in [0.4, 0.5) is 0 Å². The zero-order chi connectivity index (χ0) is 11.8. The van der Waals surface area contributed by atoms with Crippen LogP contribution in [0.2, 0.25) is 10.0 Å². The summed E-state index contributed by atoms with van der Waals surface area (Å²) in [5, 5.41) is 4.76. The minimum atomic E-state index is 0. The maximum Gasteiger partial charge on any atom is 0.0465 e. The lowest BCUT2D eigenvalue weighted by molar-refractivity contribution is 0.732. The van der Waals surface area contributed by atoms with Crippen molar-refractivity contribution in [2.24, 2.45) is 0 Å².